The summed E-state index contributed by atoms with van der Waals surface area (Å²) in [6.07, 6.45) is 8.76. The van der Waals surface area contributed by atoms with E-state index in [1.807, 2.05) is 29.2 Å². The van der Waals surface area contributed by atoms with Crippen molar-refractivity contribution in [2.75, 3.05) is 25.5 Å². The molecule has 0 radical (unpaired) electrons. The summed E-state index contributed by atoms with van der Waals surface area (Å²) in [6, 6.07) is 7.68. The van der Waals surface area contributed by atoms with Crippen molar-refractivity contribution in [2.45, 2.75) is 43.7 Å². The molecule has 1 aliphatic heterocycles. The SMILES string of the molecule is COc1ccc(NC2(C(=O)N3C[C@@H](Cc4cnccn4)[C@H](O)C3)CCCC2)cc1. The molecule has 154 valence electrons. The van der Waals surface area contributed by atoms with E-state index in [1.165, 1.54) is 0 Å². The van der Waals surface area contributed by atoms with E-state index < -0.39 is 11.6 Å². The van der Waals surface area contributed by atoms with Crippen molar-refractivity contribution >= 4 is 11.6 Å². The van der Waals surface area contributed by atoms with Crippen molar-refractivity contribution in [2.24, 2.45) is 5.92 Å². The van der Waals surface area contributed by atoms with Gasteiger partial charge < -0.3 is 20.1 Å². The zero-order chi connectivity index (χ0) is 20.3. The average Bonchev–Trinajstić information content (AvgIpc) is 3.36. The van der Waals surface area contributed by atoms with E-state index in [0.29, 0.717) is 19.5 Å². The molecular weight excluding hydrogens is 368 g/mol. The summed E-state index contributed by atoms with van der Waals surface area (Å²) in [5.74, 6) is 0.860. The molecule has 1 amide bonds. The Kier molecular flexibility index (Phi) is 5.67. The number of aliphatic hydroxyl groups is 1. The number of likely N-dealkylation sites (tertiary alicyclic amines) is 1. The first-order valence-corrected chi connectivity index (χ1v) is 10.2. The fourth-order valence-electron chi connectivity index (χ4n) is 4.55. The Labute approximate surface area is 171 Å². The number of aliphatic hydroxyl groups excluding tert-OH is 1. The van der Waals surface area contributed by atoms with Crippen molar-refractivity contribution in [3.05, 3.63) is 48.5 Å². The summed E-state index contributed by atoms with van der Waals surface area (Å²) in [7, 11) is 1.64. The van der Waals surface area contributed by atoms with Crippen molar-refractivity contribution in [1.29, 1.82) is 0 Å². The number of methoxy groups -OCH3 is 1. The number of nitrogens with zero attached hydrogens (tertiary/aromatic N) is 3. The molecule has 1 saturated carbocycles. The molecule has 2 N–H and O–H groups in total. The lowest BCUT2D eigenvalue weighted by Gasteiger charge is -2.34. The van der Waals surface area contributed by atoms with Crippen molar-refractivity contribution < 1.29 is 14.6 Å². The summed E-state index contributed by atoms with van der Waals surface area (Å²) in [5, 5.41) is 14.1. The van der Waals surface area contributed by atoms with E-state index in [0.717, 1.165) is 42.8 Å². The maximum atomic E-state index is 13.5. The molecule has 7 heteroatoms. The van der Waals surface area contributed by atoms with Gasteiger partial charge in [0.15, 0.2) is 0 Å². The number of aromatic nitrogens is 2. The molecule has 2 heterocycles. The largest absolute Gasteiger partial charge is 0.497 e. The second kappa shape index (κ2) is 8.37. The number of carbonyl (C=O) groups is 1. The Morgan fingerprint density at radius 3 is 2.66 bits per heavy atom. The third kappa shape index (κ3) is 4.19. The minimum absolute atomic E-state index is 0.0184. The second-order valence-electron chi connectivity index (χ2n) is 8.08. The summed E-state index contributed by atoms with van der Waals surface area (Å²) >= 11 is 0. The summed E-state index contributed by atoms with van der Waals surface area (Å²) in [4.78, 5) is 23.8. The van der Waals surface area contributed by atoms with Crippen LogP contribution in [0, 0.1) is 5.92 Å². The summed E-state index contributed by atoms with van der Waals surface area (Å²) < 4.78 is 5.23. The van der Waals surface area contributed by atoms with E-state index in [4.69, 9.17) is 4.74 Å². The molecule has 2 fully saturated rings. The van der Waals surface area contributed by atoms with Crippen LogP contribution >= 0.6 is 0 Å². The van der Waals surface area contributed by atoms with Crippen LogP contribution in [0.25, 0.3) is 0 Å². The number of benzene rings is 1. The van der Waals surface area contributed by atoms with Crippen LogP contribution in [0.4, 0.5) is 5.69 Å². The lowest BCUT2D eigenvalue weighted by molar-refractivity contribution is -0.135. The Balaban J connectivity index is 1.47. The molecule has 7 nitrogen and oxygen atoms in total. The van der Waals surface area contributed by atoms with Gasteiger partial charge in [0, 0.05) is 43.3 Å². The molecule has 1 aromatic heterocycles. The number of rotatable bonds is 6. The van der Waals surface area contributed by atoms with Gasteiger partial charge in [-0.1, -0.05) is 12.8 Å². The Morgan fingerprint density at radius 2 is 2.00 bits per heavy atom. The molecule has 29 heavy (non-hydrogen) atoms. The quantitative estimate of drug-likeness (QED) is 0.779. The number of anilines is 1. The zero-order valence-corrected chi connectivity index (χ0v) is 16.8. The first-order chi connectivity index (χ1) is 14.1. The molecule has 2 atom stereocenters. The van der Waals surface area contributed by atoms with Crippen molar-refractivity contribution in [1.82, 2.24) is 14.9 Å². The lowest BCUT2D eigenvalue weighted by atomic mass is 9.94. The highest BCUT2D eigenvalue weighted by Crippen LogP contribution is 2.36. The molecule has 1 aromatic carbocycles. The predicted octanol–water partition coefficient (Wildman–Crippen LogP) is 2.27. The van der Waals surface area contributed by atoms with Crippen LogP contribution in [-0.2, 0) is 11.2 Å². The van der Waals surface area contributed by atoms with Gasteiger partial charge in [0.2, 0.25) is 5.91 Å². The van der Waals surface area contributed by atoms with E-state index >= 15 is 0 Å². The molecular formula is C22H28N4O3. The van der Waals surface area contributed by atoms with E-state index in [2.05, 4.69) is 15.3 Å². The second-order valence-corrected chi connectivity index (χ2v) is 8.08. The molecule has 2 aromatic rings. The highest BCUT2D eigenvalue weighted by atomic mass is 16.5. The first-order valence-electron chi connectivity index (χ1n) is 10.2. The average molecular weight is 396 g/mol. The van der Waals surface area contributed by atoms with Gasteiger partial charge in [0.25, 0.3) is 0 Å². The van der Waals surface area contributed by atoms with Crippen LogP contribution < -0.4 is 10.1 Å². The fraction of sp³-hybridized carbons (Fsp3) is 0.500. The van der Waals surface area contributed by atoms with Crippen LogP contribution in [0.2, 0.25) is 0 Å². The number of carbonyl (C=O) groups excluding carboxylic acids is 1. The fourth-order valence-corrected chi connectivity index (χ4v) is 4.55. The van der Waals surface area contributed by atoms with Crippen LogP contribution in [0.1, 0.15) is 31.4 Å². The lowest BCUT2D eigenvalue weighted by Crippen LogP contribution is -2.52. The first kappa shape index (κ1) is 19.6. The van der Waals surface area contributed by atoms with Crippen LogP contribution in [0.5, 0.6) is 5.75 Å². The zero-order valence-electron chi connectivity index (χ0n) is 16.8. The number of β-amino-alcohol motifs (C(OH)–C–C–N with tert-alkyl or cyclic N) is 1. The number of nitrogens with one attached hydrogen (secondary N) is 1. The minimum Gasteiger partial charge on any atom is -0.497 e. The normalized spacial score (nSPS) is 23.2. The highest BCUT2D eigenvalue weighted by Gasteiger charge is 2.46. The molecule has 1 aliphatic carbocycles. The number of ether oxygens (including phenoxy) is 1. The van der Waals surface area contributed by atoms with Crippen LogP contribution in [0.3, 0.4) is 0 Å². The Morgan fingerprint density at radius 1 is 1.24 bits per heavy atom. The smallest absolute Gasteiger partial charge is 0.248 e. The summed E-state index contributed by atoms with van der Waals surface area (Å²) in [5.41, 5.74) is 1.16. The molecule has 4 rings (SSSR count). The van der Waals surface area contributed by atoms with E-state index in [-0.39, 0.29) is 11.8 Å². The van der Waals surface area contributed by atoms with Gasteiger partial charge in [-0.05, 0) is 43.5 Å². The van der Waals surface area contributed by atoms with Crippen molar-refractivity contribution in [3.63, 3.8) is 0 Å². The monoisotopic (exact) mass is 396 g/mol. The Hall–Kier alpha value is -2.67. The van der Waals surface area contributed by atoms with Gasteiger partial charge in [-0.15, -0.1) is 0 Å². The van der Waals surface area contributed by atoms with E-state index in [1.54, 1.807) is 25.7 Å². The third-order valence-electron chi connectivity index (χ3n) is 6.12. The van der Waals surface area contributed by atoms with Gasteiger partial charge in [0.05, 0.1) is 18.9 Å². The third-order valence-corrected chi connectivity index (χ3v) is 6.12. The minimum atomic E-state index is -0.601. The van der Waals surface area contributed by atoms with Gasteiger partial charge >= 0.3 is 0 Å². The van der Waals surface area contributed by atoms with Gasteiger partial charge in [-0.25, -0.2) is 0 Å². The number of hydrogen-bond acceptors (Lipinski definition) is 6. The maximum Gasteiger partial charge on any atom is 0.248 e. The van der Waals surface area contributed by atoms with E-state index in [9.17, 15) is 9.90 Å². The topological polar surface area (TPSA) is 87.6 Å². The standard InChI is InChI=1S/C22H28N4O3/c1-29-19-6-4-17(5-7-19)25-22(8-2-3-9-22)21(28)26-14-16(20(27)15-26)12-18-13-23-10-11-24-18/h4-7,10-11,13,16,20,25,27H,2-3,8-9,12,14-15H2,1H3/t16-,20-/m1/s1. The van der Waals surface area contributed by atoms with Crippen LogP contribution in [0.15, 0.2) is 42.9 Å². The van der Waals surface area contributed by atoms with Gasteiger partial charge in [-0.2, -0.15) is 0 Å². The van der Waals surface area contributed by atoms with Gasteiger partial charge in [0.1, 0.15) is 11.3 Å². The maximum absolute atomic E-state index is 13.5. The summed E-state index contributed by atoms with van der Waals surface area (Å²) in [6.45, 7) is 0.915. The van der Waals surface area contributed by atoms with Crippen molar-refractivity contribution in [3.8, 4) is 5.75 Å². The molecule has 2 aliphatic rings. The highest BCUT2D eigenvalue weighted by molar-refractivity contribution is 5.90. The van der Waals surface area contributed by atoms with Crippen LogP contribution in [-0.4, -0.2) is 57.7 Å². The number of amides is 1. The van der Waals surface area contributed by atoms with Gasteiger partial charge in [-0.3, -0.25) is 14.8 Å². The Bertz CT molecular complexity index is 822. The molecule has 0 bridgehead atoms. The predicted molar refractivity (Wildman–Crippen MR) is 110 cm³/mol. The molecule has 1 saturated heterocycles. The molecule has 0 unspecified atom stereocenters. The molecule has 0 spiro atoms. The number of hydrogen-bond donors (Lipinski definition) is 2.